The summed E-state index contributed by atoms with van der Waals surface area (Å²) in [6.45, 7) is 3.72. The van der Waals surface area contributed by atoms with Gasteiger partial charge in [0, 0.05) is 67.6 Å². The number of amides is 4. The van der Waals surface area contributed by atoms with Gasteiger partial charge in [0.05, 0.1) is 13.5 Å². The van der Waals surface area contributed by atoms with Gasteiger partial charge < -0.3 is 19.4 Å². The quantitative estimate of drug-likeness (QED) is 0.599. The number of hydrogen-bond donors (Lipinski definition) is 1. The molecule has 0 bridgehead atoms. The van der Waals surface area contributed by atoms with Gasteiger partial charge in [0.15, 0.2) is 0 Å². The monoisotopic (exact) mass is 517 g/mol. The zero-order chi connectivity index (χ0) is 26.4. The number of methoxy groups -OCH3 is 1. The largest absolute Gasteiger partial charge is 0.481 e. The summed E-state index contributed by atoms with van der Waals surface area (Å²) in [6, 6.07) is 9.00. The van der Waals surface area contributed by atoms with Crippen molar-refractivity contribution in [2.45, 2.75) is 44.7 Å². The van der Waals surface area contributed by atoms with E-state index in [0.29, 0.717) is 30.8 Å². The molecule has 10 heteroatoms. The van der Waals surface area contributed by atoms with Gasteiger partial charge in [-0.3, -0.25) is 24.5 Å². The van der Waals surface area contributed by atoms with Crippen LogP contribution in [0, 0.1) is 5.41 Å². The Morgan fingerprint density at radius 2 is 1.95 bits per heavy atom. The molecule has 0 saturated carbocycles. The summed E-state index contributed by atoms with van der Waals surface area (Å²) in [4.78, 5) is 59.7. The third-order valence-corrected chi connectivity index (χ3v) is 8.49. The van der Waals surface area contributed by atoms with E-state index in [1.54, 1.807) is 18.2 Å². The Morgan fingerprint density at radius 1 is 1.16 bits per heavy atom. The summed E-state index contributed by atoms with van der Waals surface area (Å²) in [5.41, 5.74) is 3.64. The van der Waals surface area contributed by atoms with Gasteiger partial charge in [-0.05, 0) is 49.1 Å². The number of rotatable bonds is 5. The number of fused-ring (bicyclic) bond motifs is 1. The van der Waals surface area contributed by atoms with Crippen LogP contribution in [-0.2, 0) is 27.3 Å². The molecule has 198 valence electrons. The first-order valence-electron chi connectivity index (χ1n) is 13.1. The number of imide groups is 1. The number of carbonyl (C=O) groups is 4. The van der Waals surface area contributed by atoms with Crippen molar-refractivity contribution in [3.63, 3.8) is 0 Å². The number of carbonyl (C=O) groups excluding carboxylic acids is 4. The first-order chi connectivity index (χ1) is 18.4. The van der Waals surface area contributed by atoms with E-state index in [0.717, 1.165) is 55.8 Å². The molecule has 6 rings (SSSR count). The standard InChI is InChI=1S/C28H31N5O5/c1-38-26-18(3-2-10-29-26)14-24(35)31-11-8-28(9-12-31)16-32(17-28)20-4-5-21-19(13-20)15-33(27(21)37)22-6-7-23(34)30-25(22)36/h2-5,10,13,22H,6-9,11-12,14-17H2,1H3,(H,30,34,36). The normalized spacial score (nSPS) is 22.3. The lowest BCUT2D eigenvalue weighted by Gasteiger charge is -2.55. The SMILES string of the molecule is COc1ncccc1CC(=O)N1CCC2(CC1)CN(c1ccc3c(c1)CN(C1CCC(=O)NC1=O)C3=O)C2. The molecule has 10 nitrogen and oxygen atoms in total. The Labute approximate surface area is 220 Å². The van der Waals surface area contributed by atoms with Gasteiger partial charge in [-0.15, -0.1) is 0 Å². The van der Waals surface area contributed by atoms with Crippen molar-refractivity contribution in [2.75, 3.05) is 38.2 Å². The second kappa shape index (κ2) is 9.41. The highest BCUT2D eigenvalue weighted by molar-refractivity contribution is 6.05. The van der Waals surface area contributed by atoms with Crippen molar-refractivity contribution in [1.82, 2.24) is 20.1 Å². The van der Waals surface area contributed by atoms with Crippen LogP contribution in [0.15, 0.2) is 36.5 Å². The average Bonchev–Trinajstić information content (AvgIpc) is 3.23. The lowest BCUT2D eigenvalue weighted by atomic mass is 9.71. The molecular formula is C28H31N5O5. The Bertz CT molecular complexity index is 1310. The predicted octanol–water partition coefficient (Wildman–Crippen LogP) is 1.52. The molecule has 0 radical (unpaired) electrons. The average molecular weight is 518 g/mol. The molecular weight excluding hydrogens is 486 g/mol. The number of nitrogens with one attached hydrogen (secondary N) is 1. The second-order valence-electron chi connectivity index (χ2n) is 10.8. The molecule has 0 aliphatic carbocycles. The zero-order valence-electron chi connectivity index (χ0n) is 21.4. The maximum atomic E-state index is 13.0. The number of aromatic nitrogens is 1. The number of nitrogens with zero attached hydrogens (tertiary/aromatic N) is 4. The number of benzene rings is 1. The van der Waals surface area contributed by atoms with Crippen molar-refractivity contribution >= 4 is 29.3 Å². The molecule has 1 aromatic heterocycles. The van der Waals surface area contributed by atoms with E-state index in [1.165, 1.54) is 0 Å². The molecule has 38 heavy (non-hydrogen) atoms. The van der Waals surface area contributed by atoms with Crippen LogP contribution < -0.4 is 15.0 Å². The Hall–Kier alpha value is -3.95. The number of pyridine rings is 1. The molecule has 2 aromatic rings. The van der Waals surface area contributed by atoms with Crippen LogP contribution in [0.3, 0.4) is 0 Å². The van der Waals surface area contributed by atoms with Gasteiger partial charge in [0.1, 0.15) is 6.04 Å². The van der Waals surface area contributed by atoms with E-state index in [-0.39, 0.29) is 29.6 Å². The zero-order valence-corrected chi connectivity index (χ0v) is 21.4. The van der Waals surface area contributed by atoms with Crippen LogP contribution >= 0.6 is 0 Å². The molecule has 1 aromatic carbocycles. The van der Waals surface area contributed by atoms with Gasteiger partial charge in [-0.1, -0.05) is 6.07 Å². The summed E-state index contributed by atoms with van der Waals surface area (Å²) in [5.74, 6) is -0.224. The molecule has 1 N–H and O–H groups in total. The summed E-state index contributed by atoms with van der Waals surface area (Å²) >= 11 is 0. The van der Waals surface area contributed by atoms with Gasteiger partial charge in [-0.25, -0.2) is 4.98 Å². The summed E-state index contributed by atoms with van der Waals surface area (Å²) in [7, 11) is 1.57. The minimum absolute atomic E-state index is 0.103. The van der Waals surface area contributed by atoms with Crippen LogP contribution in [0.25, 0.3) is 0 Å². The van der Waals surface area contributed by atoms with E-state index < -0.39 is 11.9 Å². The van der Waals surface area contributed by atoms with Gasteiger partial charge in [0.2, 0.25) is 23.6 Å². The maximum Gasteiger partial charge on any atom is 0.255 e. The summed E-state index contributed by atoms with van der Waals surface area (Å²) < 4.78 is 5.29. The van der Waals surface area contributed by atoms with Gasteiger partial charge in [0.25, 0.3) is 5.91 Å². The molecule has 5 heterocycles. The number of anilines is 1. The molecule has 4 aliphatic heterocycles. The van der Waals surface area contributed by atoms with E-state index in [1.807, 2.05) is 29.2 Å². The van der Waals surface area contributed by atoms with Crippen LogP contribution in [0.4, 0.5) is 5.69 Å². The fourth-order valence-corrected chi connectivity index (χ4v) is 6.27. The highest BCUT2D eigenvalue weighted by Gasteiger charge is 2.46. The molecule has 4 aliphatic rings. The lowest BCUT2D eigenvalue weighted by molar-refractivity contribution is -0.137. The molecule has 1 atom stereocenters. The lowest BCUT2D eigenvalue weighted by Crippen LogP contribution is -2.61. The molecule has 3 saturated heterocycles. The Kier molecular flexibility index (Phi) is 6.04. The number of likely N-dealkylation sites (tertiary alicyclic amines) is 1. The first kappa shape index (κ1) is 24.4. The smallest absolute Gasteiger partial charge is 0.255 e. The molecule has 1 spiro atoms. The minimum atomic E-state index is -0.601. The summed E-state index contributed by atoms with van der Waals surface area (Å²) in [5, 5.41) is 2.35. The number of piperidine rings is 2. The topological polar surface area (TPSA) is 112 Å². The molecule has 3 fully saturated rings. The second-order valence-corrected chi connectivity index (χ2v) is 10.8. The first-order valence-corrected chi connectivity index (χ1v) is 13.1. The van der Waals surface area contributed by atoms with Crippen molar-refractivity contribution in [3.8, 4) is 5.88 Å². The molecule has 4 amide bonds. The van der Waals surface area contributed by atoms with Crippen LogP contribution in [-0.4, -0.2) is 77.7 Å². The van der Waals surface area contributed by atoms with Crippen molar-refractivity contribution in [2.24, 2.45) is 5.41 Å². The number of hydrogen-bond acceptors (Lipinski definition) is 7. The van der Waals surface area contributed by atoms with Gasteiger partial charge >= 0.3 is 0 Å². The van der Waals surface area contributed by atoms with Crippen molar-refractivity contribution in [3.05, 3.63) is 53.2 Å². The highest BCUT2D eigenvalue weighted by atomic mass is 16.5. The van der Waals surface area contributed by atoms with E-state index in [2.05, 4.69) is 21.3 Å². The third-order valence-electron chi connectivity index (χ3n) is 8.49. The number of ether oxygens (including phenoxy) is 1. The van der Waals surface area contributed by atoms with E-state index in [9.17, 15) is 19.2 Å². The Morgan fingerprint density at radius 3 is 2.68 bits per heavy atom. The van der Waals surface area contributed by atoms with E-state index in [4.69, 9.17) is 4.74 Å². The van der Waals surface area contributed by atoms with Crippen molar-refractivity contribution < 1.29 is 23.9 Å². The van der Waals surface area contributed by atoms with Crippen LogP contribution in [0.5, 0.6) is 5.88 Å². The van der Waals surface area contributed by atoms with Gasteiger partial charge in [-0.2, -0.15) is 0 Å². The third kappa shape index (κ3) is 4.27. The molecule has 1 unspecified atom stereocenters. The fourth-order valence-electron chi connectivity index (χ4n) is 6.27. The predicted molar refractivity (Wildman–Crippen MR) is 137 cm³/mol. The fraction of sp³-hybridized carbons (Fsp3) is 0.464. The Balaban J connectivity index is 1.04. The minimum Gasteiger partial charge on any atom is -0.481 e. The van der Waals surface area contributed by atoms with E-state index >= 15 is 0 Å². The maximum absolute atomic E-state index is 13.0. The highest BCUT2D eigenvalue weighted by Crippen LogP contribution is 2.43. The van der Waals surface area contributed by atoms with Crippen LogP contribution in [0.1, 0.15) is 47.2 Å². The summed E-state index contributed by atoms with van der Waals surface area (Å²) in [6.07, 6.45) is 4.49. The van der Waals surface area contributed by atoms with Crippen molar-refractivity contribution in [1.29, 1.82) is 0 Å². The van der Waals surface area contributed by atoms with Crippen LogP contribution in [0.2, 0.25) is 0 Å².